The molecule has 2 N–H and O–H groups in total. The topological polar surface area (TPSA) is 63.4 Å². The van der Waals surface area contributed by atoms with Crippen molar-refractivity contribution in [1.82, 2.24) is 4.31 Å². The lowest BCUT2D eigenvalue weighted by Crippen LogP contribution is -2.44. The van der Waals surface area contributed by atoms with Gasteiger partial charge in [-0.2, -0.15) is 4.31 Å². The summed E-state index contributed by atoms with van der Waals surface area (Å²) in [6, 6.07) is 7.12. The molecule has 0 saturated carbocycles. The summed E-state index contributed by atoms with van der Waals surface area (Å²) < 4.78 is 26.8. The number of hydrogen-bond donors (Lipinski definition) is 1. The number of hydrogen-bond acceptors (Lipinski definition) is 3. The number of rotatable bonds is 3. The van der Waals surface area contributed by atoms with E-state index >= 15 is 0 Å². The van der Waals surface area contributed by atoms with E-state index in [4.69, 9.17) is 5.73 Å². The molecule has 1 saturated heterocycles. The van der Waals surface area contributed by atoms with Crippen LogP contribution in [0.3, 0.4) is 0 Å². The molecule has 0 bridgehead atoms. The maximum atomic E-state index is 12.6. The van der Waals surface area contributed by atoms with Gasteiger partial charge in [-0.15, -0.1) is 0 Å². The van der Waals surface area contributed by atoms with Crippen LogP contribution in [0.1, 0.15) is 25.3 Å². The molecule has 1 fully saturated rings. The van der Waals surface area contributed by atoms with E-state index < -0.39 is 10.0 Å². The van der Waals surface area contributed by atoms with Gasteiger partial charge >= 0.3 is 0 Å². The number of sulfonamides is 1. The van der Waals surface area contributed by atoms with Crippen molar-refractivity contribution in [3.63, 3.8) is 0 Å². The van der Waals surface area contributed by atoms with Crippen LogP contribution in [0.2, 0.25) is 0 Å². The molecule has 0 spiro atoms. The van der Waals surface area contributed by atoms with Crippen LogP contribution in [0, 0.1) is 12.8 Å². The van der Waals surface area contributed by atoms with Crippen LogP contribution in [0.25, 0.3) is 0 Å². The molecule has 1 aromatic rings. The molecule has 1 aromatic carbocycles. The van der Waals surface area contributed by atoms with Gasteiger partial charge in [-0.05, 0) is 50.3 Å². The SMILES string of the molecule is Cc1cccc(S(=O)(=O)N2CCCC(C(C)N)C2)c1. The van der Waals surface area contributed by atoms with Crippen molar-refractivity contribution in [3.8, 4) is 0 Å². The van der Waals surface area contributed by atoms with E-state index in [9.17, 15) is 8.42 Å². The van der Waals surface area contributed by atoms with Gasteiger partial charge in [0.2, 0.25) is 10.0 Å². The Hall–Kier alpha value is -0.910. The van der Waals surface area contributed by atoms with Gasteiger partial charge in [-0.25, -0.2) is 8.42 Å². The highest BCUT2D eigenvalue weighted by Crippen LogP contribution is 2.25. The Morgan fingerprint density at radius 2 is 2.16 bits per heavy atom. The fraction of sp³-hybridized carbons (Fsp3) is 0.571. The molecule has 106 valence electrons. The Kier molecular flexibility index (Phi) is 4.28. The van der Waals surface area contributed by atoms with Gasteiger partial charge < -0.3 is 5.73 Å². The van der Waals surface area contributed by atoms with Gasteiger partial charge in [0, 0.05) is 19.1 Å². The fourth-order valence-corrected chi connectivity index (χ4v) is 4.19. The van der Waals surface area contributed by atoms with Gasteiger partial charge in [0.15, 0.2) is 0 Å². The third-order valence-electron chi connectivity index (χ3n) is 3.79. The lowest BCUT2D eigenvalue weighted by Gasteiger charge is -2.33. The van der Waals surface area contributed by atoms with Crippen molar-refractivity contribution in [2.24, 2.45) is 11.7 Å². The molecule has 5 heteroatoms. The average molecular weight is 282 g/mol. The van der Waals surface area contributed by atoms with Gasteiger partial charge in [-0.3, -0.25) is 0 Å². The molecule has 19 heavy (non-hydrogen) atoms. The highest BCUT2D eigenvalue weighted by Gasteiger charge is 2.31. The van der Waals surface area contributed by atoms with Crippen LogP contribution in [-0.2, 0) is 10.0 Å². The summed E-state index contributed by atoms with van der Waals surface area (Å²) in [5.74, 6) is 0.258. The highest BCUT2D eigenvalue weighted by molar-refractivity contribution is 7.89. The van der Waals surface area contributed by atoms with Crippen molar-refractivity contribution in [2.75, 3.05) is 13.1 Å². The fourth-order valence-electron chi connectivity index (χ4n) is 2.55. The first-order valence-corrected chi connectivity index (χ1v) is 8.17. The molecule has 2 unspecified atom stereocenters. The zero-order valence-electron chi connectivity index (χ0n) is 11.5. The Morgan fingerprint density at radius 3 is 2.79 bits per heavy atom. The zero-order chi connectivity index (χ0) is 14.0. The van der Waals surface area contributed by atoms with Crippen molar-refractivity contribution in [2.45, 2.75) is 37.6 Å². The van der Waals surface area contributed by atoms with E-state index in [2.05, 4.69) is 0 Å². The first-order valence-electron chi connectivity index (χ1n) is 6.73. The molecule has 2 rings (SSSR count). The number of nitrogens with two attached hydrogens (primary N) is 1. The predicted molar refractivity (Wildman–Crippen MR) is 76.3 cm³/mol. The molecule has 1 aliphatic heterocycles. The normalized spacial score (nSPS) is 23.2. The maximum Gasteiger partial charge on any atom is 0.243 e. The Morgan fingerprint density at radius 1 is 1.42 bits per heavy atom. The van der Waals surface area contributed by atoms with E-state index in [1.165, 1.54) is 0 Å². The smallest absolute Gasteiger partial charge is 0.243 e. The summed E-state index contributed by atoms with van der Waals surface area (Å²) >= 11 is 0. The number of aryl methyl sites for hydroxylation is 1. The van der Waals surface area contributed by atoms with Crippen LogP contribution < -0.4 is 5.73 Å². The van der Waals surface area contributed by atoms with E-state index in [0.717, 1.165) is 18.4 Å². The second-order valence-electron chi connectivity index (χ2n) is 5.44. The van der Waals surface area contributed by atoms with Crippen LogP contribution in [0.4, 0.5) is 0 Å². The molecular formula is C14H22N2O2S. The van der Waals surface area contributed by atoms with Crippen molar-refractivity contribution < 1.29 is 8.42 Å². The number of benzene rings is 1. The molecule has 0 radical (unpaired) electrons. The van der Waals surface area contributed by atoms with Crippen molar-refractivity contribution in [1.29, 1.82) is 0 Å². The van der Waals surface area contributed by atoms with E-state index in [-0.39, 0.29) is 12.0 Å². The molecule has 0 amide bonds. The third kappa shape index (κ3) is 3.16. The van der Waals surface area contributed by atoms with Crippen molar-refractivity contribution >= 4 is 10.0 Å². The molecule has 1 aliphatic rings. The monoisotopic (exact) mass is 282 g/mol. The highest BCUT2D eigenvalue weighted by atomic mass is 32.2. The van der Waals surface area contributed by atoms with E-state index in [1.54, 1.807) is 22.5 Å². The van der Waals surface area contributed by atoms with Crippen LogP contribution in [-0.4, -0.2) is 31.9 Å². The first-order chi connectivity index (χ1) is 8.91. The summed E-state index contributed by atoms with van der Waals surface area (Å²) in [6.07, 6.45) is 1.90. The first kappa shape index (κ1) is 14.5. The van der Waals surface area contributed by atoms with E-state index in [0.29, 0.717) is 18.0 Å². The van der Waals surface area contributed by atoms with Crippen LogP contribution >= 0.6 is 0 Å². The predicted octanol–water partition coefficient (Wildman–Crippen LogP) is 1.74. The largest absolute Gasteiger partial charge is 0.328 e. The minimum absolute atomic E-state index is 0.0375. The third-order valence-corrected chi connectivity index (χ3v) is 5.65. The van der Waals surface area contributed by atoms with Crippen molar-refractivity contribution in [3.05, 3.63) is 29.8 Å². The van der Waals surface area contributed by atoms with Gasteiger partial charge in [0.05, 0.1) is 4.90 Å². The minimum Gasteiger partial charge on any atom is -0.328 e. The molecular weight excluding hydrogens is 260 g/mol. The second kappa shape index (κ2) is 5.61. The molecule has 1 heterocycles. The average Bonchev–Trinajstić information content (AvgIpc) is 2.39. The summed E-state index contributed by atoms with van der Waals surface area (Å²) in [7, 11) is -3.37. The molecule has 0 aliphatic carbocycles. The summed E-state index contributed by atoms with van der Waals surface area (Å²) in [5.41, 5.74) is 6.87. The number of nitrogens with zero attached hydrogens (tertiary/aromatic N) is 1. The molecule has 0 aromatic heterocycles. The van der Waals surface area contributed by atoms with E-state index in [1.807, 2.05) is 19.9 Å². The van der Waals surface area contributed by atoms with Crippen LogP contribution in [0.5, 0.6) is 0 Å². The lowest BCUT2D eigenvalue weighted by atomic mass is 9.93. The molecule has 4 nitrogen and oxygen atoms in total. The van der Waals surface area contributed by atoms with Gasteiger partial charge in [0.1, 0.15) is 0 Å². The van der Waals surface area contributed by atoms with Crippen LogP contribution in [0.15, 0.2) is 29.2 Å². The van der Waals surface area contributed by atoms with Gasteiger partial charge in [-0.1, -0.05) is 12.1 Å². The summed E-state index contributed by atoms with van der Waals surface area (Å²) in [5, 5.41) is 0. The number of piperidine rings is 1. The standard InChI is InChI=1S/C14H22N2O2S/c1-11-5-3-7-14(9-11)19(17,18)16-8-4-6-13(10-16)12(2)15/h3,5,7,9,12-13H,4,6,8,10,15H2,1-2H3. The van der Waals surface area contributed by atoms with Gasteiger partial charge in [0.25, 0.3) is 0 Å². The quantitative estimate of drug-likeness (QED) is 0.918. The lowest BCUT2D eigenvalue weighted by molar-refractivity contribution is 0.243. The Bertz CT molecular complexity index is 540. The minimum atomic E-state index is -3.37. The summed E-state index contributed by atoms with van der Waals surface area (Å²) in [4.78, 5) is 0.387. The Labute approximate surface area is 115 Å². The Balaban J connectivity index is 2.24. The zero-order valence-corrected chi connectivity index (χ0v) is 12.4. The summed E-state index contributed by atoms with van der Waals surface area (Å²) in [6.45, 7) is 4.99. The maximum absolute atomic E-state index is 12.6. The molecule has 2 atom stereocenters. The second-order valence-corrected chi connectivity index (χ2v) is 7.38.